The van der Waals surface area contributed by atoms with E-state index in [4.69, 9.17) is 0 Å². The van der Waals surface area contributed by atoms with Crippen molar-refractivity contribution in [2.24, 2.45) is 5.92 Å². The Kier molecular flexibility index (Phi) is 8.83. The van der Waals surface area contributed by atoms with Gasteiger partial charge in [-0.15, -0.1) is 0 Å². The quantitative estimate of drug-likeness (QED) is 0.543. The van der Waals surface area contributed by atoms with Crippen LogP contribution in [0, 0.1) is 5.92 Å². The lowest BCUT2D eigenvalue weighted by Gasteiger charge is -2.32. The molecule has 0 spiro atoms. The van der Waals surface area contributed by atoms with Gasteiger partial charge in [0.05, 0.1) is 12.2 Å². The van der Waals surface area contributed by atoms with Crippen LogP contribution in [0.1, 0.15) is 96.6 Å². The number of hydrogen-bond donors (Lipinski definition) is 0. The van der Waals surface area contributed by atoms with Gasteiger partial charge >= 0.3 is 0 Å². The molecule has 0 aliphatic carbocycles. The van der Waals surface area contributed by atoms with Crippen molar-refractivity contribution in [3.8, 4) is 0 Å². The average Bonchev–Trinajstić information content (AvgIpc) is 3.16. The van der Waals surface area contributed by atoms with Gasteiger partial charge in [0.2, 0.25) is 0 Å². The molecular formula is C22H39N3O. The third kappa shape index (κ3) is 6.22. The highest BCUT2D eigenvalue weighted by Gasteiger charge is 2.22. The van der Waals surface area contributed by atoms with E-state index in [2.05, 4.69) is 54.8 Å². The fourth-order valence-corrected chi connectivity index (χ4v) is 3.84. The van der Waals surface area contributed by atoms with E-state index in [0.29, 0.717) is 17.7 Å². The third-order valence-electron chi connectivity index (χ3n) is 6.17. The first kappa shape index (κ1) is 21.1. The summed E-state index contributed by atoms with van der Waals surface area (Å²) in [7, 11) is 0. The molecule has 0 radical (unpaired) electrons. The standard InChI is InChI=1S/C22H39N3O/c1-5-7-9-19(4)20-16-23-25(17-20)21-11-14-24(15-12-21)13-8-10-22(26)18(3)6-2/h16-19,21H,5-15H2,1-4H3. The maximum atomic E-state index is 11.9. The van der Waals surface area contributed by atoms with E-state index in [-0.39, 0.29) is 5.92 Å². The third-order valence-corrected chi connectivity index (χ3v) is 6.17. The molecular weight excluding hydrogens is 322 g/mol. The summed E-state index contributed by atoms with van der Waals surface area (Å²) in [6.45, 7) is 12.0. The SMILES string of the molecule is CCCCC(C)c1cnn(C2CCN(CCCC(=O)C(C)CC)CC2)c1. The zero-order valence-electron chi connectivity index (χ0n) is 17.4. The number of ketones is 1. The summed E-state index contributed by atoms with van der Waals surface area (Å²) in [5.41, 5.74) is 1.39. The molecule has 1 aromatic rings. The smallest absolute Gasteiger partial charge is 0.135 e. The van der Waals surface area contributed by atoms with Gasteiger partial charge in [0.25, 0.3) is 0 Å². The molecule has 2 unspecified atom stereocenters. The van der Waals surface area contributed by atoms with Crippen LogP contribution < -0.4 is 0 Å². The monoisotopic (exact) mass is 361 g/mol. The highest BCUT2D eigenvalue weighted by molar-refractivity contribution is 5.80. The summed E-state index contributed by atoms with van der Waals surface area (Å²) in [5, 5.41) is 4.66. The second kappa shape index (κ2) is 10.9. The average molecular weight is 362 g/mol. The number of carbonyl (C=O) groups is 1. The Labute approximate surface area is 160 Å². The molecule has 26 heavy (non-hydrogen) atoms. The van der Waals surface area contributed by atoms with E-state index in [9.17, 15) is 4.79 Å². The molecule has 0 bridgehead atoms. The maximum Gasteiger partial charge on any atom is 0.135 e. The first-order valence-electron chi connectivity index (χ1n) is 10.8. The first-order chi connectivity index (χ1) is 12.5. The second-order valence-electron chi connectivity index (χ2n) is 8.25. The minimum Gasteiger partial charge on any atom is -0.303 e. The topological polar surface area (TPSA) is 38.1 Å². The molecule has 2 rings (SSSR count). The van der Waals surface area contributed by atoms with Gasteiger partial charge in [-0.05, 0) is 50.1 Å². The van der Waals surface area contributed by atoms with Gasteiger partial charge in [-0.25, -0.2) is 0 Å². The number of aromatic nitrogens is 2. The van der Waals surface area contributed by atoms with Gasteiger partial charge in [0.1, 0.15) is 5.78 Å². The van der Waals surface area contributed by atoms with Crippen molar-refractivity contribution in [1.29, 1.82) is 0 Å². The van der Waals surface area contributed by atoms with Crippen LogP contribution >= 0.6 is 0 Å². The number of hydrogen-bond acceptors (Lipinski definition) is 3. The number of rotatable bonds is 11. The van der Waals surface area contributed by atoms with E-state index < -0.39 is 0 Å². The van der Waals surface area contributed by atoms with Gasteiger partial charge in [-0.1, -0.05) is 40.5 Å². The minimum atomic E-state index is 0.231. The Morgan fingerprint density at radius 1 is 1.23 bits per heavy atom. The fourth-order valence-electron chi connectivity index (χ4n) is 3.84. The van der Waals surface area contributed by atoms with Crippen molar-refractivity contribution in [3.63, 3.8) is 0 Å². The van der Waals surface area contributed by atoms with Crippen LogP contribution in [0.15, 0.2) is 12.4 Å². The molecule has 2 atom stereocenters. The highest BCUT2D eigenvalue weighted by Crippen LogP contribution is 2.26. The van der Waals surface area contributed by atoms with Gasteiger partial charge < -0.3 is 4.90 Å². The Balaban J connectivity index is 1.71. The number of likely N-dealkylation sites (tertiary alicyclic amines) is 1. The molecule has 1 fully saturated rings. The molecule has 1 saturated heterocycles. The lowest BCUT2D eigenvalue weighted by atomic mass is 9.98. The Hall–Kier alpha value is -1.16. The van der Waals surface area contributed by atoms with E-state index in [1.807, 2.05) is 0 Å². The summed E-state index contributed by atoms with van der Waals surface area (Å²) in [4.78, 5) is 14.5. The van der Waals surface area contributed by atoms with Crippen molar-refractivity contribution in [1.82, 2.24) is 14.7 Å². The Bertz CT molecular complexity index is 531. The second-order valence-corrected chi connectivity index (χ2v) is 8.25. The van der Waals surface area contributed by atoms with Crippen LogP contribution in [0.5, 0.6) is 0 Å². The summed E-state index contributed by atoms with van der Waals surface area (Å²) >= 11 is 0. The predicted octanol–water partition coefficient (Wildman–Crippen LogP) is 5.21. The van der Waals surface area contributed by atoms with Crippen LogP contribution in [0.3, 0.4) is 0 Å². The van der Waals surface area contributed by atoms with E-state index >= 15 is 0 Å². The normalized spacial score (nSPS) is 18.8. The number of carbonyl (C=O) groups excluding carboxylic acids is 1. The van der Waals surface area contributed by atoms with Gasteiger partial charge in [0, 0.05) is 31.6 Å². The summed E-state index contributed by atoms with van der Waals surface area (Å²) in [6.07, 6.45) is 13.2. The molecule has 1 aliphatic heterocycles. The van der Waals surface area contributed by atoms with E-state index in [0.717, 1.165) is 38.9 Å². The summed E-state index contributed by atoms with van der Waals surface area (Å²) < 4.78 is 2.21. The lowest BCUT2D eigenvalue weighted by Crippen LogP contribution is -2.35. The molecule has 4 heteroatoms. The van der Waals surface area contributed by atoms with Gasteiger partial charge in [0.15, 0.2) is 0 Å². The minimum absolute atomic E-state index is 0.231. The lowest BCUT2D eigenvalue weighted by molar-refractivity contribution is -0.122. The predicted molar refractivity (Wildman–Crippen MR) is 109 cm³/mol. The molecule has 148 valence electrons. The molecule has 4 nitrogen and oxygen atoms in total. The number of piperidine rings is 1. The van der Waals surface area contributed by atoms with Gasteiger partial charge in [-0.3, -0.25) is 9.48 Å². The molecule has 1 aliphatic rings. The largest absolute Gasteiger partial charge is 0.303 e. The number of Topliss-reactive ketones (excluding diaryl/α,β-unsaturated/α-hetero) is 1. The zero-order valence-corrected chi connectivity index (χ0v) is 17.4. The highest BCUT2D eigenvalue weighted by atomic mass is 16.1. The van der Waals surface area contributed by atoms with Crippen LogP contribution in [-0.4, -0.2) is 40.1 Å². The maximum absolute atomic E-state index is 11.9. The number of unbranched alkanes of at least 4 members (excludes halogenated alkanes) is 1. The van der Waals surface area contributed by atoms with Crippen molar-refractivity contribution in [2.45, 2.75) is 91.0 Å². The Morgan fingerprint density at radius 3 is 2.62 bits per heavy atom. The zero-order chi connectivity index (χ0) is 18.9. The van der Waals surface area contributed by atoms with Crippen molar-refractivity contribution >= 4 is 5.78 Å². The summed E-state index contributed by atoms with van der Waals surface area (Å²) in [5.74, 6) is 1.28. The number of nitrogens with zero attached hydrogens (tertiary/aromatic N) is 3. The van der Waals surface area contributed by atoms with E-state index in [1.54, 1.807) is 0 Å². The molecule has 0 aromatic carbocycles. The van der Waals surface area contributed by atoms with Crippen molar-refractivity contribution in [3.05, 3.63) is 18.0 Å². The van der Waals surface area contributed by atoms with Crippen LogP contribution in [0.25, 0.3) is 0 Å². The first-order valence-corrected chi connectivity index (χ1v) is 10.8. The van der Waals surface area contributed by atoms with Gasteiger partial charge in [-0.2, -0.15) is 5.10 Å². The van der Waals surface area contributed by atoms with Crippen LogP contribution in [-0.2, 0) is 4.79 Å². The van der Waals surface area contributed by atoms with Crippen LogP contribution in [0.2, 0.25) is 0 Å². The molecule has 0 amide bonds. The molecule has 0 saturated carbocycles. The fraction of sp³-hybridized carbons (Fsp3) is 0.818. The molecule has 0 N–H and O–H groups in total. The van der Waals surface area contributed by atoms with Crippen molar-refractivity contribution < 1.29 is 4.79 Å². The molecule has 2 heterocycles. The Morgan fingerprint density at radius 2 is 1.96 bits per heavy atom. The van der Waals surface area contributed by atoms with Crippen molar-refractivity contribution in [2.75, 3.05) is 19.6 Å². The molecule has 1 aromatic heterocycles. The summed E-state index contributed by atoms with van der Waals surface area (Å²) in [6, 6.07) is 0.542. The van der Waals surface area contributed by atoms with E-state index in [1.165, 1.54) is 37.7 Å². The van der Waals surface area contributed by atoms with Crippen LogP contribution in [0.4, 0.5) is 0 Å².